The Morgan fingerprint density at radius 1 is 1.05 bits per heavy atom. The highest BCUT2D eigenvalue weighted by Gasteiger charge is 2.41. The molecule has 0 atom stereocenters. The molecule has 19 heavy (non-hydrogen) atoms. The van der Waals surface area contributed by atoms with Crippen LogP contribution < -0.4 is 11.1 Å². The lowest BCUT2D eigenvalue weighted by molar-refractivity contribution is 0.566. The van der Waals surface area contributed by atoms with Crippen LogP contribution in [0.2, 0.25) is 0 Å². The molecule has 2 aliphatic carbocycles. The van der Waals surface area contributed by atoms with Crippen LogP contribution in [-0.4, -0.2) is 11.0 Å². The first-order valence-electron chi connectivity index (χ1n) is 7.22. The van der Waals surface area contributed by atoms with E-state index in [0.29, 0.717) is 6.04 Å². The molecule has 3 heteroatoms. The molecule has 1 heterocycles. The van der Waals surface area contributed by atoms with Gasteiger partial charge in [0, 0.05) is 17.1 Å². The summed E-state index contributed by atoms with van der Waals surface area (Å²) in [7, 11) is 0. The van der Waals surface area contributed by atoms with Gasteiger partial charge in [-0.1, -0.05) is 0 Å². The van der Waals surface area contributed by atoms with E-state index in [4.69, 9.17) is 10.7 Å². The molecular weight excluding hydrogens is 234 g/mol. The molecule has 0 amide bonds. The molecule has 0 radical (unpaired) electrons. The van der Waals surface area contributed by atoms with Crippen LogP contribution in [0, 0.1) is 11.8 Å². The Labute approximate surface area is 113 Å². The Bertz CT molecular complexity index is 602. The van der Waals surface area contributed by atoms with Gasteiger partial charge in [0.1, 0.15) is 5.82 Å². The second kappa shape index (κ2) is 4.12. The number of hydrogen-bond donors (Lipinski definition) is 2. The van der Waals surface area contributed by atoms with Crippen LogP contribution in [0.4, 0.5) is 11.5 Å². The smallest absolute Gasteiger partial charge is 0.126 e. The van der Waals surface area contributed by atoms with Crippen LogP contribution in [0.25, 0.3) is 10.9 Å². The van der Waals surface area contributed by atoms with Gasteiger partial charge in [0.05, 0.1) is 5.52 Å². The molecule has 0 bridgehead atoms. The highest BCUT2D eigenvalue weighted by atomic mass is 15.0. The SMILES string of the molecule is Nc1ccc2nc(NC(C3CC3)C3CC3)ccc2c1. The molecule has 0 unspecified atom stereocenters. The third-order valence-corrected chi connectivity index (χ3v) is 4.29. The maximum atomic E-state index is 5.80. The van der Waals surface area contributed by atoms with Crippen LogP contribution in [0.1, 0.15) is 25.7 Å². The summed E-state index contributed by atoms with van der Waals surface area (Å²) in [5.74, 6) is 2.79. The first-order valence-corrected chi connectivity index (χ1v) is 7.22. The minimum Gasteiger partial charge on any atom is -0.399 e. The van der Waals surface area contributed by atoms with Crippen molar-refractivity contribution >= 4 is 22.4 Å². The summed E-state index contributed by atoms with van der Waals surface area (Å²) in [5.41, 5.74) is 7.61. The molecule has 0 spiro atoms. The first kappa shape index (κ1) is 11.1. The van der Waals surface area contributed by atoms with Crippen molar-refractivity contribution in [1.82, 2.24) is 4.98 Å². The third kappa shape index (κ3) is 2.25. The van der Waals surface area contributed by atoms with E-state index in [1.54, 1.807) is 0 Å². The fourth-order valence-corrected chi connectivity index (χ4v) is 2.93. The molecule has 2 saturated carbocycles. The number of pyridine rings is 1. The van der Waals surface area contributed by atoms with Crippen molar-refractivity contribution in [2.45, 2.75) is 31.7 Å². The number of nitrogen functional groups attached to an aromatic ring is 1. The van der Waals surface area contributed by atoms with E-state index >= 15 is 0 Å². The zero-order chi connectivity index (χ0) is 12.8. The second-order valence-electron chi connectivity index (χ2n) is 5.99. The predicted molar refractivity (Wildman–Crippen MR) is 79.0 cm³/mol. The van der Waals surface area contributed by atoms with Gasteiger partial charge in [0.15, 0.2) is 0 Å². The molecule has 0 saturated heterocycles. The number of fused-ring (bicyclic) bond motifs is 1. The van der Waals surface area contributed by atoms with E-state index in [1.807, 2.05) is 18.2 Å². The molecule has 3 N–H and O–H groups in total. The molecule has 2 fully saturated rings. The van der Waals surface area contributed by atoms with Crippen molar-refractivity contribution in [2.24, 2.45) is 11.8 Å². The van der Waals surface area contributed by atoms with Crippen LogP contribution in [0.3, 0.4) is 0 Å². The van der Waals surface area contributed by atoms with Gasteiger partial charge in [0.2, 0.25) is 0 Å². The van der Waals surface area contributed by atoms with E-state index in [1.165, 1.54) is 25.7 Å². The van der Waals surface area contributed by atoms with Gasteiger partial charge >= 0.3 is 0 Å². The van der Waals surface area contributed by atoms with Gasteiger partial charge in [-0.25, -0.2) is 4.98 Å². The fraction of sp³-hybridized carbons (Fsp3) is 0.438. The summed E-state index contributed by atoms with van der Waals surface area (Å²) in [6.45, 7) is 0. The maximum Gasteiger partial charge on any atom is 0.126 e. The number of hydrogen-bond acceptors (Lipinski definition) is 3. The normalized spacial score (nSPS) is 19.0. The van der Waals surface area contributed by atoms with Crippen molar-refractivity contribution < 1.29 is 0 Å². The van der Waals surface area contributed by atoms with Crippen LogP contribution in [-0.2, 0) is 0 Å². The summed E-state index contributed by atoms with van der Waals surface area (Å²) >= 11 is 0. The first-order chi connectivity index (χ1) is 9.29. The van der Waals surface area contributed by atoms with E-state index in [2.05, 4.69) is 17.4 Å². The maximum absolute atomic E-state index is 5.80. The van der Waals surface area contributed by atoms with Gasteiger partial charge in [-0.3, -0.25) is 0 Å². The van der Waals surface area contributed by atoms with Crippen molar-refractivity contribution in [3.63, 3.8) is 0 Å². The molecule has 0 aliphatic heterocycles. The van der Waals surface area contributed by atoms with E-state index in [-0.39, 0.29) is 0 Å². The Kier molecular flexibility index (Phi) is 2.40. The summed E-state index contributed by atoms with van der Waals surface area (Å²) in [5, 5.41) is 4.78. The minimum atomic E-state index is 0.652. The van der Waals surface area contributed by atoms with Crippen molar-refractivity contribution in [3.05, 3.63) is 30.3 Å². The van der Waals surface area contributed by atoms with Crippen molar-refractivity contribution in [1.29, 1.82) is 0 Å². The highest BCUT2D eigenvalue weighted by Crippen LogP contribution is 2.45. The number of benzene rings is 1. The molecular formula is C16H19N3. The molecule has 1 aromatic carbocycles. The molecule has 1 aromatic heterocycles. The summed E-state index contributed by atoms with van der Waals surface area (Å²) in [6, 6.07) is 10.7. The van der Waals surface area contributed by atoms with E-state index in [0.717, 1.165) is 34.2 Å². The molecule has 98 valence electrons. The van der Waals surface area contributed by atoms with Crippen LogP contribution >= 0.6 is 0 Å². The fourth-order valence-electron chi connectivity index (χ4n) is 2.93. The monoisotopic (exact) mass is 253 g/mol. The number of nitrogens with two attached hydrogens (primary N) is 1. The van der Waals surface area contributed by atoms with Gasteiger partial charge < -0.3 is 11.1 Å². The Balaban J connectivity index is 1.61. The van der Waals surface area contributed by atoms with Gasteiger partial charge in [-0.15, -0.1) is 0 Å². The molecule has 3 nitrogen and oxygen atoms in total. The number of anilines is 2. The number of rotatable bonds is 4. The van der Waals surface area contributed by atoms with Gasteiger partial charge in [-0.2, -0.15) is 0 Å². The second-order valence-corrected chi connectivity index (χ2v) is 5.99. The molecule has 2 aliphatic rings. The lowest BCUT2D eigenvalue weighted by Gasteiger charge is -2.18. The quantitative estimate of drug-likeness (QED) is 0.821. The summed E-state index contributed by atoms with van der Waals surface area (Å²) in [6.07, 6.45) is 5.55. The lowest BCUT2D eigenvalue weighted by Crippen LogP contribution is -2.24. The summed E-state index contributed by atoms with van der Waals surface area (Å²) in [4.78, 5) is 4.71. The Morgan fingerprint density at radius 2 is 1.79 bits per heavy atom. The standard InChI is InChI=1S/C16H19N3/c17-13-6-7-14-12(9-13)5-8-15(18-14)19-16(10-1-2-10)11-3-4-11/h5-11,16H,1-4,17H2,(H,18,19). The average molecular weight is 253 g/mol. The highest BCUT2D eigenvalue weighted by molar-refractivity contribution is 5.83. The largest absolute Gasteiger partial charge is 0.399 e. The number of nitrogens with zero attached hydrogens (tertiary/aromatic N) is 1. The van der Waals surface area contributed by atoms with E-state index in [9.17, 15) is 0 Å². The van der Waals surface area contributed by atoms with Gasteiger partial charge in [-0.05, 0) is 67.9 Å². The molecule has 2 aromatic rings. The van der Waals surface area contributed by atoms with E-state index < -0.39 is 0 Å². The van der Waals surface area contributed by atoms with Crippen molar-refractivity contribution in [2.75, 3.05) is 11.1 Å². The molecule has 4 rings (SSSR count). The third-order valence-electron chi connectivity index (χ3n) is 4.29. The number of aromatic nitrogens is 1. The Morgan fingerprint density at radius 3 is 2.47 bits per heavy atom. The summed E-state index contributed by atoms with van der Waals surface area (Å²) < 4.78 is 0. The van der Waals surface area contributed by atoms with Crippen molar-refractivity contribution in [3.8, 4) is 0 Å². The lowest BCUT2D eigenvalue weighted by atomic mass is 10.1. The average Bonchev–Trinajstić information content (AvgIpc) is 3.28. The minimum absolute atomic E-state index is 0.652. The van der Waals surface area contributed by atoms with Crippen LogP contribution in [0.15, 0.2) is 30.3 Å². The zero-order valence-corrected chi connectivity index (χ0v) is 11.0. The Hall–Kier alpha value is -1.77. The van der Waals surface area contributed by atoms with Gasteiger partial charge in [0.25, 0.3) is 0 Å². The predicted octanol–water partition coefficient (Wildman–Crippen LogP) is 3.42. The van der Waals surface area contributed by atoms with Crippen LogP contribution in [0.5, 0.6) is 0 Å². The number of nitrogens with one attached hydrogen (secondary N) is 1. The zero-order valence-electron chi connectivity index (χ0n) is 11.0. The topological polar surface area (TPSA) is 50.9 Å².